The number of carbonyl (C=O) groups excluding carboxylic acids is 1. The van der Waals surface area contributed by atoms with Gasteiger partial charge in [-0.3, -0.25) is 4.79 Å². The summed E-state index contributed by atoms with van der Waals surface area (Å²) in [5.74, 6) is 0.868. The fraction of sp³-hybridized carbons (Fsp3) is 0.174. The van der Waals surface area contributed by atoms with E-state index in [0.717, 1.165) is 5.56 Å². The van der Waals surface area contributed by atoms with Crippen LogP contribution in [0, 0.1) is 0 Å². The summed E-state index contributed by atoms with van der Waals surface area (Å²) in [7, 11) is 0. The predicted molar refractivity (Wildman–Crippen MR) is 109 cm³/mol. The molecule has 0 aliphatic rings. The Morgan fingerprint density at radius 1 is 0.963 bits per heavy atom. The van der Waals surface area contributed by atoms with Crippen LogP contribution in [0.4, 0.5) is 0 Å². The molecule has 1 N–H and O–H groups in total. The summed E-state index contributed by atoms with van der Waals surface area (Å²) >= 11 is 6.13. The maximum absolute atomic E-state index is 12.3. The summed E-state index contributed by atoms with van der Waals surface area (Å²) in [6.45, 7) is 3.08. The van der Waals surface area contributed by atoms with Crippen LogP contribution in [0.1, 0.15) is 34.3 Å². The monoisotopic (exact) mass is 379 g/mol. The highest BCUT2D eigenvalue weighted by Crippen LogP contribution is 2.19. The Balaban J connectivity index is 1.52. The molecule has 1 atom stereocenters. The molecule has 0 fully saturated rings. The minimum absolute atomic E-state index is 0.0876. The molecule has 4 heteroatoms. The first kappa shape index (κ1) is 19.0. The van der Waals surface area contributed by atoms with Crippen LogP contribution in [-0.4, -0.2) is 12.5 Å². The highest BCUT2D eigenvalue weighted by Gasteiger charge is 2.09. The minimum atomic E-state index is -0.0876. The molecule has 0 spiro atoms. The number of rotatable bonds is 7. The molecule has 0 aliphatic heterocycles. The van der Waals surface area contributed by atoms with Gasteiger partial charge in [-0.05, 0) is 41.8 Å². The summed E-state index contributed by atoms with van der Waals surface area (Å²) in [5.41, 5.74) is 2.75. The van der Waals surface area contributed by atoms with E-state index in [1.165, 1.54) is 5.56 Å². The average molecular weight is 380 g/mol. The molecular weight excluding hydrogens is 358 g/mol. The summed E-state index contributed by atoms with van der Waals surface area (Å²) in [5, 5.41) is 3.67. The maximum Gasteiger partial charge on any atom is 0.251 e. The van der Waals surface area contributed by atoms with Gasteiger partial charge in [0.05, 0.1) is 0 Å². The Morgan fingerprint density at radius 2 is 1.63 bits per heavy atom. The first-order valence-corrected chi connectivity index (χ1v) is 9.30. The van der Waals surface area contributed by atoms with Gasteiger partial charge in [0.2, 0.25) is 0 Å². The number of hydrogen-bond donors (Lipinski definition) is 1. The fourth-order valence-corrected chi connectivity index (χ4v) is 2.92. The van der Waals surface area contributed by atoms with Gasteiger partial charge in [0.15, 0.2) is 0 Å². The zero-order chi connectivity index (χ0) is 19.1. The number of amides is 1. The number of halogens is 1. The van der Waals surface area contributed by atoms with Gasteiger partial charge in [0, 0.05) is 22.7 Å². The third-order valence-corrected chi connectivity index (χ3v) is 4.77. The molecule has 0 radical (unpaired) electrons. The van der Waals surface area contributed by atoms with E-state index in [9.17, 15) is 4.79 Å². The highest BCUT2D eigenvalue weighted by atomic mass is 35.5. The molecule has 1 amide bonds. The predicted octanol–water partition coefficient (Wildman–Crippen LogP) is 5.45. The van der Waals surface area contributed by atoms with E-state index < -0.39 is 0 Å². The molecule has 27 heavy (non-hydrogen) atoms. The molecule has 3 aromatic rings. The highest BCUT2D eigenvalue weighted by molar-refractivity contribution is 6.31. The number of carbonyl (C=O) groups is 1. The average Bonchev–Trinajstić information content (AvgIpc) is 2.72. The lowest BCUT2D eigenvalue weighted by Gasteiger charge is -2.13. The summed E-state index contributed by atoms with van der Waals surface area (Å²) in [6, 6.07) is 24.9. The van der Waals surface area contributed by atoms with Crippen molar-refractivity contribution in [3.63, 3.8) is 0 Å². The van der Waals surface area contributed by atoms with Crippen molar-refractivity contribution in [1.82, 2.24) is 5.32 Å². The third-order valence-electron chi connectivity index (χ3n) is 4.41. The lowest BCUT2D eigenvalue weighted by Crippen LogP contribution is -2.27. The Bertz CT molecular complexity index is 878. The molecule has 3 aromatic carbocycles. The lowest BCUT2D eigenvalue weighted by molar-refractivity contribution is 0.0951. The van der Waals surface area contributed by atoms with Gasteiger partial charge in [-0.1, -0.05) is 67.1 Å². The summed E-state index contributed by atoms with van der Waals surface area (Å²) in [6.07, 6.45) is 0. The van der Waals surface area contributed by atoms with Crippen molar-refractivity contribution in [2.45, 2.75) is 19.4 Å². The van der Waals surface area contributed by atoms with E-state index in [4.69, 9.17) is 16.3 Å². The van der Waals surface area contributed by atoms with Crippen LogP contribution in [0.3, 0.4) is 0 Å². The van der Waals surface area contributed by atoms with Crippen LogP contribution in [0.2, 0.25) is 5.02 Å². The molecule has 0 aromatic heterocycles. The van der Waals surface area contributed by atoms with Crippen molar-refractivity contribution in [3.05, 3.63) is 101 Å². The van der Waals surface area contributed by atoms with Gasteiger partial charge in [-0.2, -0.15) is 0 Å². The van der Waals surface area contributed by atoms with Crippen molar-refractivity contribution in [3.8, 4) is 5.75 Å². The Morgan fingerprint density at radius 3 is 2.33 bits per heavy atom. The Labute approximate surface area is 164 Å². The topological polar surface area (TPSA) is 38.3 Å². The third kappa shape index (κ3) is 5.35. The van der Waals surface area contributed by atoms with Crippen molar-refractivity contribution < 1.29 is 9.53 Å². The van der Waals surface area contributed by atoms with Gasteiger partial charge >= 0.3 is 0 Å². The van der Waals surface area contributed by atoms with Crippen LogP contribution in [-0.2, 0) is 6.61 Å². The fourth-order valence-electron chi connectivity index (χ4n) is 2.73. The first-order valence-electron chi connectivity index (χ1n) is 8.93. The van der Waals surface area contributed by atoms with Gasteiger partial charge < -0.3 is 10.1 Å². The van der Waals surface area contributed by atoms with Crippen molar-refractivity contribution in [1.29, 1.82) is 0 Å². The molecule has 3 nitrogen and oxygen atoms in total. The van der Waals surface area contributed by atoms with Crippen LogP contribution in [0.25, 0.3) is 0 Å². The van der Waals surface area contributed by atoms with Gasteiger partial charge in [-0.25, -0.2) is 0 Å². The molecule has 0 saturated carbocycles. The maximum atomic E-state index is 12.3. The summed E-state index contributed by atoms with van der Waals surface area (Å²) < 4.78 is 5.75. The standard InChI is InChI=1S/C23H22ClNO2/c1-17(18-7-3-2-4-8-18)15-25-23(26)19-11-13-21(14-12-19)27-16-20-9-5-6-10-22(20)24/h2-14,17H,15-16H2,1H3,(H,25,26). The van der Waals surface area contributed by atoms with Gasteiger partial charge in [0.25, 0.3) is 5.91 Å². The van der Waals surface area contributed by atoms with Crippen molar-refractivity contribution in [2.24, 2.45) is 0 Å². The van der Waals surface area contributed by atoms with Gasteiger partial charge in [0.1, 0.15) is 12.4 Å². The molecular formula is C23H22ClNO2. The van der Waals surface area contributed by atoms with Crippen LogP contribution in [0.15, 0.2) is 78.9 Å². The molecule has 0 aliphatic carbocycles. The number of nitrogens with one attached hydrogen (secondary N) is 1. The number of hydrogen-bond acceptors (Lipinski definition) is 2. The summed E-state index contributed by atoms with van der Waals surface area (Å²) in [4.78, 5) is 12.3. The van der Waals surface area contributed by atoms with E-state index in [1.54, 1.807) is 24.3 Å². The van der Waals surface area contributed by atoms with Crippen LogP contribution < -0.4 is 10.1 Å². The van der Waals surface area contributed by atoms with Crippen molar-refractivity contribution in [2.75, 3.05) is 6.54 Å². The molecule has 0 saturated heterocycles. The Hall–Kier alpha value is -2.78. The lowest BCUT2D eigenvalue weighted by atomic mass is 10.0. The smallest absolute Gasteiger partial charge is 0.251 e. The normalized spacial score (nSPS) is 11.6. The second-order valence-corrected chi connectivity index (χ2v) is 6.83. The molecule has 3 rings (SSSR count). The number of benzene rings is 3. The van der Waals surface area contributed by atoms with E-state index in [-0.39, 0.29) is 11.8 Å². The Kier molecular flexibility index (Phi) is 6.50. The minimum Gasteiger partial charge on any atom is -0.489 e. The van der Waals surface area contributed by atoms with E-state index >= 15 is 0 Å². The van der Waals surface area contributed by atoms with E-state index in [0.29, 0.717) is 29.5 Å². The van der Waals surface area contributed by atoms with E-state index in [1.807, 2.05) is 42.5 Å². The first-order chi connectivity index (χ1) is 13.1. The molecule has 0 bridgehead atoms. The molecule has 1 unspecified atom stereocenters. The zero-order valence-corrected chi connectivity index (χ0v) is 15.9. The molecule has 138 valence electrons. The van der Waals surface area contributed by atoms with Crippen LogP contribution >= 0.6 is 11.6 Å². The number of ether oxygens (including phenoxy) is 1. The van der Waals surface area contributed by atoms with E-state index in [2.05, 4.69) is 24.4 Å². The largest absolute Gasteiger partial charge is 0.489 e. The van der Waals surface area contributed by atoms with Crippen LogP contribution in [0.5, 0.6) is 5.75 Å². The zero-order valence-electron chi connectivity index (χ0n) is 15.2. The molecule has 0 heterocycles. The second kappa shape index (κ2) is 9.24. The van der Waals surface area contributed by atoms with Crippen molar-refractivity contribution >= 4 is 17.5 Å². The SMILES string of the molecule is CC(CNC(=O)c1ccc(OCc2ccccc2Cl)cc1)c1ccccc1. The van der Waals surface area contributed by atoms with Gasteiger partial charge in [-0.15, -0.1) is 0 Å². The quantitative estimate of drug-likeness (QED) is 0.592. The second-order valence-electron chi connectivity index (χ2n) is 6.43.